The highest BCUT2D eigenvalue weighted by molar-refractivity contribution is 6.35. The summed E-state index contributed by atoms with van der Waals surface area (Å²) in [6.07, 6.45) is 1.72. The van der Waals surface area contributed by atoms with Crippen LogP contribution in [0.1, 0.15) is 19.4 Å². The second-order valence-electron chi connectivity index (χ2n) is 4.87. The molecule has 0 radical (unpaired) electrons. The number of benzene rings is 1. The Morgan fingerprint density at radius 1 is 1.41 bits per heavy atom. The van der Waals surface area contributed by atoms with Crippen LogP contribution in [0.25, 0.3) is 0 Å². The van der Waals surface area contributed by atoms with Crippen LogP contribution >= 0.6 is 23.2 Å². The van der Waals surface area contributed by atoms with Crippen molar-refractivity contribution < 1.29 is 4.74 Å². The second-order valence-corrected chi connectivity index (χ2v) is 5.71. The zero-order valence-electron chi connectivity index (χ0n) is 12.4. The highest BCUT2D eigenvalue weighted by Gasteiger charge is 2.13. The maximum Gasteiger partial charge on any atom is 0.243 e. The van der Waals surface area contributed by atoms with Crippen molar-refractivity contribution in [2.75, 3.05) is 5.32 Å². The van der Waals surface area contributed by atoms with E-state index in [2.05, 4.69) is 27.4 Å². The van der Waals surface area contributed by atoms with Gasteiger partial charge in [0.25, 0.3) is 0 Å². The fourth-order valence-corrected chi connectivity index (χ4v) is 2.44. The van der Waals surface area contributed by atoms with Gasteiger partial charge in [-0.25, -0.2) is 4.68 Å². The molecule has 0 fully saturated rings. The maximum atomic E-state index is 6.22. The number of allylic oxidation sites excluding steroid dienone is 1. The summed E-state index contributed by atoms with van der Waals surface area (Å²) >= 11 is 12.3. The van der Waals surface area contributed by atoms with Gasteiger partial charge in [0, 0.05) is 17.1 Å². The monoisotopic (exact) mass is 341 g/mol. The van der Waals surface area contributed by atoms with Crippen LogP contribution in [0, 0.1) is 0 Å². The largest absolute Gasteiger partial charge is 0.489 e. The third-order valence-corrected chi connectivity index (χ3v) is 3.21. The molecule has 0 saturated carbocycles. The van der Waals surface area contributed by atoms with Gasteiger partial charge in [0.05, 0.1) is 17.7 Å². The summed E-state index contributed by atoms with van der Waals surface area (Å²) in [4.78, 5) is 0. The Bertz CT molecular complexity index is 657. The first-order chi connectivity index (χ1) is 10.5. The Hall–Kier alpha value is -1.79. The van der Waals surface area contributed by atoms with Crippen LogP contribution in [0.2, 0.25) is 10.0 Å². The number of rotatable bonds is 7. The predicted molar refractivity (Wildman–Crippen MR) is 87.6 cm³/mol. The average Bonchev–Trinajstić information content (AvgIpc) is 2.87. The van der Waals surface area contributed by atoms with Crippen LogP contribution in [-0.4, -0.2) is 26.3 Å². The molecular formula is C14H17Cl2N5O. The lowest BCUT2D eigenvalue weighted by molar-refractivity contribution is 0.240. The molecule has 0 saturated heterocycles. The minimum absolute atomic E-state index is 0.00325. The van der Waals surface area contributed by atoms with E-state index < -0.39 is 0 Å². The number of halogens is 2. The lowest BCUT2D eigenvalue weighted by atomic mass is 10.2. The number of anilines is 1. The molecule has 0 aliphatic rings. The van der Waals surface area contributed by atoms with Gasteiger partial charge in [0.1, 0.15) is 5.75 Å². The molecule has 1 heterocycles. The topological polar surface area (TPSA) is 64.9 Å². The highest BCUT2D eigenvalue weighted by atomic mass is 35.5. The summed E-state index contributed by atoms with van der Waals surface area (Å²) in [6, 6.07) is 3.46. The van der Waals surface area contributed by atoms with E-state index >= 15 is 0 Å². The standard InChI is InChI=1S/C14H17Cl2N5O/c1-4-5-21-14(18-19-20-21)17-8-10-6-11(15)7-12(16)13(10)22-9(2)3/h4,6-7,9H,1,5,8H2,2-3H3,(H,17,18,20). The molecule has 2 rings (SSSR count). The number of hydrogen-bond donors (Lipinski definition) is 1. The van der Waals surface area contributed by atoms with E-state index in [9.17, 15) is 0 Å². The molecule has 0 aliphatic carbocycles. The normalized spacial score (nSPS) is 10.8. The highest BCUT2D eigenvalue weighted by Crippen LogP contribution is 2.33. The van der Waals surface area contributed by atoms with Gasteiger partial charge in [0.15, 0.2) is 0 Å². The molecule has 118 valence electrons. The summed E-state index contributed by atoms with van der Waals surface area (Å²) in [5, 5.41) is 15.6. The van der Waals surface area contributed by atoms with Crippen LogP contribution in [0.15, 0.2) is 24.8 Å². The minimum atomic E-state index is 0.00325. The Morgan fingerprint density at radius 2 is 2.18 bits per heavy atom. The fraction of sp³-hybridized carbons (Fsp3) is 0.357. The second kappa shape index (κ2) is 7.47. The number of nitrogens with zero attached hydrogens (tertiary/aromatic N) is 4. The summed E-state index contributed by atoms with van der Waals surface area (Å²) in [5.41, 5.74) is 0.833. The minimum Gasteiger partial charge on any atom is -0.489 e. The average molecular weight is 342 g/mol. The van der Waals surface area contributed by atoms with E-state index in [0.717, 1.165) is 5.56 Å². The smallest absolute Gasteiger partial charge is 0.243 e. The molecule has 1 aromatic heterocycles. The van der Waals surface area contributed by atoms with Gasteiger partial charge in [0.2, 0.25) is 5.95 Å². The molecule has 22 heavy (non-hydrogen) atoms. The van der Waals surface area contributed by atoms with Crippen molar-refractivity contribution in [1.29, 1.82) is 0 Å². The van der Waals surface area contributed by atoms with Crippen LogP contribution in [0.4, 0.5) is 5.95 Å². The first-order valence-electron chi connectivity index (χ1n) is 6.76. The molecule has 6 nitrogen and oxygen atoms in total. The molecule has 2 aromatic rings. The van der Waals surface area contributed by atoms with E-state index in [1.165, 1.54) is 0 Å². The lowest BCUT2D eigenvalue weighted by Crippen LogP contribution is -2.12. The van der Waals surface area contributed by atoms with E-state index in [4.69, 9.17) is 27.9 Å². The molecular weight excluding hydrogens is 325 g/mol. The molecule has 0 atom stereocenters. The Kier molecular flexibility index (Phi) is 5.63. The summed E-state index contributed by atoms with van der Waals surface area (Å²) < 4.78 is 7.37. The van der Waals surface area contributed by atoms with Gasteiger partial charge in [-0.15, -0.1) is 6.58 Å². The first-order valence-corrected chi connectivity index (χ1v) is 7.52. The summed E-state index contributed by atoms with van der Waals surface area (Å²) in [6.45, 7) is 8.49. The molecule has 1 aromatic carbocycles. The molecule has 0 bridgehead atoms. The molecule has 8 heteroatoms. The number of aromatic nitrogens is 4. The molecule has 0 aliphatic heterocycles. The fourth-order valence-electron chi connectivity index (χ4n) is 1.86. The van der Waals surface area contributed by atoms with Gasteiger partial charge >= 0.3 is 0 Å². The Labute approximate surface area is 139 Å². The summed E-state index contributed by atoms with van der Waals surface area (Å²) in [5.74, 6) is 1.14. The lowest BCUT2D eigenvalue weighted by Gasteiger charge is -2.16. The third kappa shape index (κ3) is 4.11. The Morgan fingerprint density at radius 3 is 2.86 bits per heavy atom. The number of ether oxygens (including phenoxy) is 1. The van der Waals surface area contributed by atoms with Gasteiger partial charge in [-0.2, -0.15) is 0 Å². The van der Waals surface area contributed by atoms with Crippen molar-refractivity contribution in [3.63, 3.8) is 0 Å². The van der Waals surface area contributed by atoms with E-state index in [1.807, 2.05) is 13.8 Å². The van der Waals surface area contributed by atoms with Crippen molar-refractivity contribution in [2.45, 2.75) is 33.0 Å². The van der Waals surface area contributed by atoms with Gasteiger partial charge in [-0.3, -0.25) is 0 Å². The van der Waals surface area contributed by atoms with Gasteiger partial charge < -0.3 is 10.1 Å². The van der Waals surface area contributed by atoms with Gasteiger partial charge in [-0.1, -0.05) is 34.4 Å². The van der Waals surface area contributed by atoms with Crippen LogP contribution in [0.3, 0.4) is 0 Å². The predicted octanol–water partition coefficient (Wildman–Crippen LogP) is 3.57. The third-order valence-electron chi connectivity index (χ3n) is 2.71. The Balaban J connectivity index is 2.21. The van der Waals surface area contributed by atoms with Crippen LogP contribution in [-0.2, 0) is 13.1 Å². The van der Waals surface area contributed by atoms with Crippen molar-refractivity contribution in [3.8, 4) is 5.75 Å². The van der Waals surface area contributed by atoms with Crippen molar-refractivity contribution in [3.05, 3.63) is 40.4 Å². The first kappa shape index (κ1) is 16.6. The zero-order chi connectivity index (χ0) is 16.1. The number of hydrogen-bond acceptors (Lipinski definition) is 5. The van der Waals surface area contributed by atoms with Crippen molar-refractivity contribution in [1.82, 2.24) is 20.2 Å². The number of tetrazole rings is 1. The molecule has 0 unspecified atom stereocenters. The van der Waals surface area contributed by atoms with Crippen LogP contribution in [0.5, 0.6) is 5.75 Å². The van der Waals surface area contributed by atoms with Crippen molar-refractivity contribution in [2.24, 2.45) is 0 Å². The number of nitrogens with one attached hydrogen (secondary N) is 1. The van der Waals surface area contributed by atoms with E-state index in [0.29, 0.717) is 34.8 Å². The van der Waals surface area contributed by atoms with Gasteiger partial charge in [-0.05, 0) is 36.4 Å². The van der Waals surface area contributed by atoms with E-state index in [-0.39, 0.29) is 6.10 Å². The SMILES string of the molecule is C=CCn1nnnc1NCc1cc(Cl)cc(Cl)c1OC(C)C. The zero-order valence-corrected chi connectivity index (χ0v) is 13.9. The quantitative estimate of drug-likeness (QED) is 0.780. The molecule has 1 N–H and O–H groups in total. The molecule has 0 spiro atoms. The van der Waals surface area contributed by atoms with E-state index in [1.54, 1.807) is 22.9 Å². The molecule has 0 amide bonds. The van der Waals surface area contributed by atoms with Crippen molar-refractivity contribution >= 4 is 29.2 Å². The summed E-state index contributed by atoms with van der Waals surface area (Å²) in [7, 11) is 0. The van der Waals surface area contributed by atoms with Crippen LogP contribution < -0.4 is 10.1 Å². The maximum absolute atomic E-state index is 6.22.